The average Bonchev–Trinajstić information content (AvgIpc) is 2.82. The largest absolute Gasteiger partial charge is 0.368 e. The summed E-state index contributed by atoms with van der Waals surface area (Å²) in [6.45, 7) is 0. The number of rotatable bonds is 3. The Morgan fingerprint density at radius 3 is 2.60 bits per heavy atom. The molecular weight excluding hydrogens is 316 g/mol. The van der Waals surface area contributed by atoms with Gasteiger partial charge in [0, 0.05) is 10.2 Å². The Kier molecular flexibility index (Phi) is 3.26. The van der Waals surface area contributed by atoms with Gasteiger partial charge in [-0.05, 0) is 42.2 Å². The molecule has 0 radical (unpaired) electrons. The van der Waals surface area contributed by atoms with Crippen molar-refractivity contribution in [3.63, 3.8) is 0 Å². The molecule has 3 N–H and O–H groups in total. The highest BCUT2D eigenvalue weighted by Gasteiger charge is 2.44. The van der Waals surface area contributed by atoms with E-state index in [1.807, 2.05) is 48.5 Å². The lowest BCUT2D eigenvalue weighted by Gasteiger charge is -2.29. The van der Waals surface area contributed by atoms with Gasteiger partial charge < -0.3 is 11.1 Å². The molecule has 3 rings (SSSR count). The zero-order chi connectivity index (χ0) is 14.2. The lowest BCUT2D eigenvalue weighted by Crippen LogP contribution is -2.46. The Labute approximate surface area is 126 Å². The number of hydrogen-bond donors (Lipinski definition) is 2. The summed E-state index contributed by atoms with van der Waals surface area (Å²) in [4.78, 5) is 12.1. The Hall–Kier alpha value is -1.81. The molecule has 1 amide bonds. The first-order chi connectivity index (χ1) is 9.63. The number of fused-ring (bicyclic) bond motifs is 1. The summed E-state index contributed by atoms with van der Waals surface area (Å²) in [6.07, 6.45) is 1.51. The van der Waals surface area contributed by atoms with E-state index in [-0.39, 0.29) is 5.91 Å². The molecule has 0 heterocycles. The lowest BCUT2D eigenvalue weighted by molar-refractivity contribution is -0.122. The van der Waals surface area contributed by atoms with Gasteiger partial charge in [-0.3, -0.25) is 4.79 Å². The van der Waals surface area contributed by atoms with Gasteiger partial charge in [-0.2, -0.15) is 0 Å². The fourth-order valence-electron chi connectivity index (χ4n) is 2.87. The molecule has 0 aliphatic heterocycles. The monoisotopic (exact) mass is 330 g/mol. The molecule has 0 aromatic heterocycles. The summed E-state index contributed by atoms with van der Waals surface area (Å²) in [5.74, 6) is -0.335. The van der Waals surface area contributed by atoms with Crippen molar-refractivity contribution >= 4 is 27.5 Å². The van der Waals surface area contributed by atoms with Crippen LogP contribution in [0.4, 0.5) is 5.69 Å². The van der Waals surface area contributed by atoms with E-state index in [9.17, 15) is 4.79 Å². The summed E-state index contributed by atoms with van der Waals surface area (Å²) in [7, 11) is 0. The van der Waals surface area contributed by atoms with Crippen LogP contribution in [0.1, 0.15) is 17.5 Å². The van der Waals surface area contributed by atoms with E-state index in [1.165, 1.54) is 0 Å². The maximum Gasteiger partial charge on any atom is 0.247 e. The molecule has 1 aliphatic carbocycles. The summed E-state index contributed by atoms with van der Waals surface area (Å²) in [6, 6.07) is 15.6. The third kappa shape index (κ3) is 2.00. The number of anilines is 1. The van der Waals surface area contributed by atoms with Gasteiger partial charge in [-0.25, -0.2) is 0 Å². The van der Waals surface area contributed by atoms with Crippen molar-refractivity contribution < 1.29 is 4.79 Å². The summed E-state index contributed by atoms with van der Waals surface area (Å²) in [5, 5.41) is 3.34. The minimum absolute atomic E-state index is 0.335. The second-order valence-electron chi connectivity index (χ2n) is 5.03. The molecule has 1 unspecified atom stereocenters. The van der Waals surface area contributed by atoms with E-state index >= 15 is 0 Å². The third-order valence-corrected chi connectivity index (χ3v) is 4.62. The molecule has 0 saturated heterocycles. The Bertz CT molecular complexity index is 657. The van der Waals surface area contributed by atoms with Crippen LogP contribution < -0.4 is 11.1 Å². The number of para-hydroxylation sites is 1. The van der Waals surface area contributed by atoms with E-state index in [1.54, 1.807) is 0 Å². The number of halogens is 1. The molecule has 0 saturated carbocycles. The van der Waals surface area contributed by atoms with Crippen LogP contribution in [-0.2, 0) is 16.8 Å². The first kappa shape index (κ1) is 13.2. The van der Waals surface area contributed by atoms with Crippen molar-refractivity contribution in [2.24, 2.45) is 5.73 Å². The highest BCUT2D eigenvalue weighted by molar-refractivity contribution is 9.10. The molecule has 3 nitrogen and oxygen atoms in total. The zero-order valence-electron chi connectivity index (χ0n) is 10.9. The number of benzene rings is 2. The third-order valence-electron chi connectivity index (χ3n) is 3.88. The van der Waals surface area contributed by atoms with E-state index in [4.69, 9.17) is 5.73 Å². The second-order valence-corrected chi connectivity index (χ2v) is 5.88. The number of nitrogens with one attached hydrogen (secondary N) is 1. The lowest BCUT2D eigenvalue weighted by atomic mass is 9.90. The van der Waals surface area contributed by atoms with E-state index in [0.717, 1.165) is 27.7 Å². The van der Waals surface area contributed by atoms with E-state index in [2.05, 4.69) is 21.2 Å². The first-order valence-corrected chi connectivity index (χ1v) is 7.34. The normalized spacial score (nSPS) is 20.4. The number of primary amides is 1. The average molecular weight is 331 g/mol. The fourth-order valence-corrected chi connectivity index (χ4v) is 3.44. The molecule has 1 atom stereocenters. The standard InChI is InChI=1S/C16H15BrN2O/c17-14-8-4-7-13-12(14)9-10-16(13,15(18)20)19-11-5-2-1-3-6-11/h1-8,19H,9-10H2,(H2,18,20). The van der Waals surface area contributed by atoms with Crippen LogP contribution >= 0.6 is 15.9 Å². The van der Waals surface area contributed by atoms with Crippen molar-refractivity contribution in [3.05, 3.63) is 64.1 Å². The molecular formula is C16H15BrN2O. The molecule has 0 spiro atoms. The zero-order valence-corrected chi connectivity index (χ0v) is 12.5. The predicted octanol–water partition coefficient (Wildman–Crippen LogP) is 3.19. The topological polar surface area (TPSA) is 55.1 Å². The van der Waals surface area contributed by atoms with Crippen LogP contribution in [0.2, 0.25) is 0 Å². The quantitative estimate of drug-likeness (QED) is 0.908. The minimum atomic E-state index is -0.819. The smallest absolute Gasteiger partial charge is 0.247 e. The second kappa shape index (κ2) is 4.94. The van der Waals surface area contributed by atoms with Crippen LogP contribution in [0, 0.1) is 0 Å². The first-order valence-electron chi connectivity index (χ1n) is 6.54. The van der Waals surface area contributed by atoms with Crippen LogP contribution in [0.5, 0.6) is 0 Å². The Balaban J connectivity index is 2.09. The van der Waals surface area contributed by atoms with Crippen molar-refractivity contribution in [1.82, 2.24) is 0 Å². The van der Waals surface area contributed by atoms with Crippen LogP contribution in [0.25, 0.3) is 0 Å². The van der Waals surface area contributed by atoms with Gasteiger partial charge in [-0.15, -0.1) is 0 Å². The molecule has 1 aliphatic rings. The van der Waals surface area contributed by atoms with Crippen LogP contribution in [0.3, 0.4) is 0 Å². The summed E-state index contributed by atoms with van der Waals surface area (Å²) in [5.41, 5.74) is 7.95. The van der Waals surface area contributed by atoms with Gasteiger partial charge in [0.2, 0.25) is 5.91 Å². The summed E-state index contributed by atoms with van der Waals surface area (Å²) >= 11 is 3.55. The molecule has 0 bridgehead atoms. The number of amides is 1. The van der Waals surface area contributed by atoms with Crippen molar-refractivity contribution in [2.75, 3.05) is 5.32 Å². The van der Waals surface area contributed by atoms with Gasteiger partial charge in [0.15, 0.2) is 0 Å². The molecule has 0 fully saturated rings. The SMILES string of the molecule is NC(=O)C1(Nc2ccccc2)CCc2c(Br)cccc21. The molecule has 102 valence electrons. The van der Waals surface area contributed by atoms with Crippen LogP contribution in [0.15, 0.2) is 53.0 Å². The fraction of sp³-hybridized carbons (Fsp3) is 0.188. The maximum atomic E-state index is 12.1. The summed E-state index contributed by atoms with van der Waals surface area (Å²) < 4.78 is 1.04. The number of hydrogen-bond acceptors (Lipinski definition) is 2. The van der Waals surface area contributed by atoms with Crippen molar-refractivity contribution in [3.8, 4) is 0 Å². The Morgan fingerprint density at radius 1 is 1.15 bits per heavy atom. The number of carbonyl (C=O) groups is 1. The molecule has 20 heavy (non-hydrogen) atoms. The van der Waals surface area contributed by atoms with Crippen LogP contribution in [-0.4, -0.2) is 5.91 Å². The highest BCUT2D eigenvalue weighted by atomic mass is 79.9. The van der Waals surface area contributed by atoms with Gasteiger partial charge in [0.05, 0.1) is 0 Å². The van der Waals surface area contributed by atoms with Gasteiger partial charge in [0.25, 0.3) is 0 Å². The van der Waals surface area contributed by atoms with Gasteiger partial charge >= 0.3 is 0 Å². The van der Waals surface area contributed by atoms with Gasteiger partial charge in [-0.1, -0.05) is 46.3 Å². The van der Waals surface area contributed by atoms with E-state index in [0.29, 0.717) is 6.42 Å². The highest BCUT2D eigenvalue weighted by Crippen LogP contribution is 2.42. The molecule has 2 aromatic rings. The number of nitrogens with two attached hydrogens (primary N) is 1. The number of carbonyl (C=O) groups excluding carboxylic acids is 1. The Morgan fingerprint density at radius 2 is 1.90 bits per heavy atom. The maximum absolute atomic E-state index is 12.1. The van der Waals surface area contributed by atoms with Crippen molar-refractivity contribution in [2.45, 2.75) is 18.4 Å². The van der Waals surface area contributed by atoms with Gasteiger partial charge in [0.1, 0.15) is 5.54 Å². The van der Waals surface area contributed by atoms with E-state index < -0.39 is 5.54 Å². The molecule has 4 heteroatoms. The molecule has 2 aromatic carbocycles. The predicted molar refractivity (Wildman–Crippen MR) is 83.4 cm³/mol. The van der Waals surface area contributed by atoms with Crippen molar-refractivity contribution in [1.29, 1.82) is 0 Å². The minimum Gasteiger partial charge on any atom is -0.368 e.